The molecule has 1 saturated carbocycles. The molecule has 0 N–H and O–H groups in total. The summed E-state index contributed by atoms with van der Waals surface area (Å²) in [5.74, 6) is 0.182. The van der Waals surface area contributed by atoms with Crippen LogP contribution in [-0.2, 0) is 10.0 Å². The number of benzene rings is 2. The van der Waals surface area contributed by atoms with Gasteiger partial charge in [0, 0.05) is 43.3 Å². The van der Waals surface area contributed by atoms with Crippen LogP contribution in [0.4, 0.5) is 11.4 Å². The van der Waals surface area contributed by atoms with Gasteiger partial charge in [0.2, 0.25) is 15.8 Å². The summed E-state index contributed by atoms with van der Waals surface area (Å²) in [7, 11) is -3.93. The maximum absolute atomic E-state index is 13.6. The van der Waals surface area contributed by atoms with E-state index in [4.69, 9.17) is 16.3 Å². The Bertz CT molecular complexity index is 1510. The predicted octanol–water partition coefficient (Wildman–Crippen LogP) is 3.63. The van der Waals surface area contributed by atoms with E-state index in [0.29, 0.717) is 16.4 Å². The molecule has 2 aromatic carbocycles. The van der Waals surface area contributed by atoms with Crippen LogP contribution in [0.3, 0.4) is 0 Å². The van der Waals surface area contributed by atoms with E-state index in [1.807, 2.05) is 4.90 Å². The summed E-state index contributed by atoms with van der Waals surface area (Å²) in [6.07, 6.45) is 5.26. The maximum atomic E-state index is 13.6. The third kappa shape index (κ3) is 5.24. The van der Waals surface area contributed by atoms with Crippen molar-refractivity contribution >= 4 is 33.0 Å². The Morgan fingerprint density at radius 1 is 1.03 bits per heavy atom. The molecule has 0 atom stereocenters. The molecule has 0 spiro atoms. The number of nitro benzene ring substituents is 1. The number of hydrogen-bond acceptors (Lipinski definition) is 8. The zero-order chi connectivity index (χ0) is 26.9. The highest BCUT2D eigenvalue weighted by Gasteiger charge is 2.32. The second kappa shape index (κ2) is 10.7. The van der Waals surface area contributed by atoms with Gasteiger partial charge in [0.1, 0.15) is 5.69 Å². The molecule has 38 heavy (non-hydrogen) atoms. The van der Waals surface area contributed by atoms with Gasteiger partial charge >= 0.3 is 5.56 Å². The first-order chi connectivity index (χ1) is 18.2. The summed E-state index contributed by atoms with van der Waals surface area (Å²) in [6.45, 7) is 0.839. The van der Waals surface area contributed by atoms with Crippen LogP contribution in [-0.4, -0.2) is 59.7 Å². The van der Waals surface area contributed by atoms with Gasteiger partial charge < -0.3 is 9.64 Å². The fourth-order valence-electron chi connectivity index (χ4n) is 4.81. The minimum absolute atomic E-state index is 0.0767. The second-order valence-corrected chi connectivity index (χ2v) is 11.6. The lowest BCUT2D eigenvalue weighted by Crippen LogP contribution is -2.49. The number of nitrogens with zero attached hydrogens (tertiary/aromatic N) is 5. The lowest BCUT2D eigenvalue weighted by molar-refractivity contribution is -0.385. The maximum Gasteiger partial charge on any atom is 0.316 e. The lowest BCUT2D eigenvalue weighted by atomic mass is 10.2. The number of piperazine rings is 1. The first-order valence-corrected chi connectivity index (χ1v) is 14.1. The molecule has 0 unspecified atom stereocenters. The number of sulfonamides is 1. The predicted molar refractivity (Wildman–Crippen MR) is 142 cm³/mol. The van der Waals surface area contributed by atoms with Crippen molar-refractivity contribution in [1.29, 1.82) is 0 Å². The van der Waals surface area contributed by atoms with Crippen LogP contribution in [0.1, 0.15) is 25.7 Å². The lowest BCUT2D eigenvalue weighted by Gasteiger charge is -2.36. The molecule has 2 aliphatic rings. The Hall–Kier alpha value is -3.48. The molecule has 3 aromatic rings. The van der Waals surface area contributed by atoms with Crippen LogP contribution < -0.4 is 15.2 Å². The monoisotopic (exact) mass is 559 g/mol. The van der Waals surface area contributed by atoms with Gasteiger partial charge in [-0.3, -0.25) is 14.9 Å². The summed E-state index contributed by atoms with van der Waals surface area (Å²) >= 11 is 6.13. The molecule has 1 aromatic heterocycles. The number of ether oxygens (including phenoxy) is 1. The van der Waals surface area contributed by atoms with Crippen molar-refractivity contribution in [2.24, 2.45) is 0 Å². The highest BCUT2D eigenvalue weighted by molar-refractivity contribution is 7.89. The smallest absolute Gasteiger partial charge is 0.316 e. The second-order valence-electron chi connectivity index (χ2n) is 9.23. The standard InChI is InChI=1S/C25H26ClN5O6S/c26-18-5-3-6-19(15-18)30-25(32)24(37-21-8-1-2-9-21)23(17-27-30)28-11-13-29(14-12-28)38(35,36)22-10-4-7-20(16-22)31(33)34/h3-7,10,15-17,21H,1-2,8-9,11-14H2. The fourth-order valence-corrected chi connectivity index (χ4v) is 6.45. The molecule has 1 aliphatic carbocycles. The molecular formula is C25H26ClN5O6S. The first kappa shape index (κ1) is 26.1. The SMILES string of the molecule is O=c1c(OC2CCCC2)c(N2CCN(S(=O)(=O)c3cccc([N+](=O)[O-])c3)CC2)cnn1-c1cccc(Cl)c1. The van der Waals surface area contributed by atoms with E-state index in [9.17, 15) is 23.3 Å². The van der Waals surface area contributed by atoms with E-state index in [2.05, 4.69) is 5.10 Å². The molecule has 200 valence electrons. The van der Waals surface area contributed by atoms with E-state index in [1.165, 1.54) is 27.2 Å². The minimum Gasteiger partial charge on any atom is -0.483 e. The summed E-state index contributed by atoms with van der Waals surface area (Å²) in [6, 6.07) is 11.8. The molecule has 1 saturated heterocycles. The van der Waals surface area contributed by atoms with Gasteiger partial charge in [-0.25, -0.2) is 8.42 Å². The first-order valence-electron chi connectivity index (χ1n) is 12.3. The average molecular weight is 560 g/mol. The summed E-state index contributed by atoms with van der Waals surface area (Å²) in [5.41, 5.74) is 0.318. The molecule has 2 heterocycles. The van der Waals surface area contributed by atoms with Gasteiger partial charge in [0.05, 0.1) is 27.8 Å². The van der Waals surface area contributed by atoms with Crippen molar-refractivity contribution in [2.45, 2.75) is 36.7 Å². The van der Waals surface area contributed by atoms with E-state index < -0.39 is 20.5 Å². The Balaban J connectivity index is 1.41. The quantitative estimate of drug-likeness (QED) is 0.317. The molecule has 2 fully saturated rings. The summed E-state index contributed by atoms with van der Waals surface area (Å²) in [4.78, 5) is 25.8. The van der Waals surface area contributed by atoms with Crippen LogP contribution in [0.5, 0.6) is 5.75 Å². The fraction of sp³-hybridized carbons (Fsp3) is 0.360. The van der Waals surface area contributed by atoms with Crippen molar-refractivity contribution in [2.75, 3.05) is 31.1 Å². The Morgan fingerprint density at radius 3 is 2.42 bits per heavy atom. The highest BCUT2D eigenvalue weighted by atomic mass is 35.5. The van der Waals surface area contributed by atoms with E-state index in [1.54, 1.807) is 30.5 Å². The Kier molecular flexibility index (Phi) is 7.37. The molecule has 5 rings (SSSR count). The minimum atomic E-state index is -3.93. The summed E-state index contributed by atoms with van der Waals surface area (Å²) < 4.78 is 35.1. The van der Waals surface area contributed by atoms with Crippen molar-refractivity contribution in [3.8, 4) is 11.4 Å². The molecule has 13 heteroatoms. The average Bonchev–Trinajstić information content (AvgIpc) is 3.43. The topological polar surface area (TPSA) is 128 Å². The van der Waals surface area contributed by atoms with Crippen molar-refractivity contribution < 1.29 is 18.1 Å². The van der Waals surface area contributed by atoms with E-state index in [-0.39, 0.29) is 48.6 Å². The molecular weight excluding hydrogens is 534 g/mol. The van der Waals surface area contributed by atoms with Crippen molar-refractivity contribution in [1.82, 2.24) is 14.1 Å². The van der Waals surface area contributed by atoms with Crippen LogP contribution in [0.2, 0.25) is 5.02 Å². The molecule has 11 nitrogen and oxygen atoms in total. The molecule has 0 bridgehead atoms. The zero-order valence-corrected chi connectivity index (χ0v) is 22.0. The van der Waals surface area contributed by atoms with Gasteiger partial charge in [0.25, 0.3) is 5.69 Å². The number of aromatic nitrogens is 2. The van der Waals surface area contributed by atoms with Crippen molar-refractivity contribution in [3.63, 3.8) is 0 Å². The molecule has 1 aliphatic heterocycles. The highest BCUT2D eigenvalue weighted by Crippen LogP contribution is 2.31. The number of anilines is 1. The van der Waals surface area contributed by atoms with E-state index in [0.717, 1.165) is 31.7 Å². The number of hydrogen-bond donors (Lipinski definition) is 0. The van der Waals surface area contributed by atoms with Gasteiger partial charge in [-0.1, -0.05) is 23.7 Å². The Labute approximate surface area is 224 Å². The van der Waals surface area contributed by atoms with Gasteiger partial charge in [0.15, 0.2) is 0 Å². The zero-order valence-electron chi connectivity index (χ0n) is 20.4. The third-order valence-corrected chi connectivity index (χ3v) is 8.93. The van der Waals surface area contributed by atoms with Crippen LogP contribution in [0.15, 0.2) is 64.4 Å². The van der Waals surface area contributed by atoms with Crippen molar-refractivity contribution in [3.05, 3.63) is 80.2 Å². The van der Waals surface area contributed by atoms with Gasteiger partial charge in [-0.2, -0.15) is 14.1 Å². The number of non-ortho nitro benzene ring substituents is 1. The van der Waals surface area contributed by atoms with Crippen LogP contribution in [0.25, 0.3) is 5.69 Å². The number of halogens is 1. The van der Waals surface area contributed by atoms with Gasteiger partial charge in [-0.15, -0.1) is 0 Å². The molecule has 0 amide bonds. The largest absolute Gasteiger partial charge is 0.483 e. The van der Waals surface area contributed by atoms with Crippen LogP contribution >= 0.6 is 11.6 Å². The number of rotatable bonds is 7. The van der Waals surface area contributed by atoms with E-state index >= 15 is 0 Å². The van der Waals surface area contributed by atoms with Gasteiger partial charge in [-0.05, 0) is 49.9 Å². The normalized spacial score (nSPS) is 17.0. The number of nitro groups is 1. The summed E-state index contributed by atoms with van der Waals surface area (Å²) in [5, 5.41) is 16.0. The Morgan fingerprint density at radius 2 is 1.74 bits per heavy atom. The van der Waals surface area contributed by atoms with Crippen LogP contribution in [0, 0.1) is 10.1 Å². The molecule has 0 radical (unpaired) electrons. The third-order valence-electron chi connectivity index (χ3n) is 6.80.